The molecule has 0 saturated carbocycles. The van der Waals surface area contributed by atoms with Gasteiger partial charge in [0.1, 0.15) is 0 Å². The van der Waals surface area contributed by atoms with Gasteiger partial charge in [0.2, 0.25) is 0 Å². The Hall–Kier alpha value is -1.43. The van der Waals surface area contributed by atoms with Crippen LogP contribution in [0, 0.1) is 0 Å². The summed E-state index contributed by atoms with van der Waals surface area (Å²) in [6.07, 6.45) is 9.78. The molecular weight excluding hydrogens is 323 g/mol. The highest BCUT2D eigenvalue weighted by molar-refractivity contribution is 7.73. The summed E-state index contributed by atoms with van der Waals surface area (Å²) in [5.41, 5.74) is 2.26. The molecule has 1 aliphatic rings. The standard InChI is InChI=1S/C22H27PSi/c1-24(2,3)22-15-14-19(18-22)16-17-23(20-10-6-4-7-11-20)21-12-8-5-9-13-21/h4-15,18,22H,16-17H2,1-3H3. The van der Waals surface area contributed by atoms with Crippen LogP contribution in [0.15, 0.2) is 84.5 Å². The molecule has 0 N–H and O–H groups in total. The fourth-order valence-electron chi connectivity index (χ4n) is 3.14. The fraction of sp³-hybridized carbons (Fsp3) is 0.273. The van der Waals surface area contributed by atoms with E-state index >= 15 is 0 Å². The first kappa shape index (κ1) is 17.4. The predicted molar refractivity (Wildman–Crippen MR) is 113 cm³/mol. The lowest BCUT2D eigenvalue weighted by Crippen LogP contribution is -2.24. The quantitative estimate of drug-likeness (QED) is 0.462. The number of hydrogen-bond acceptors (Lipinski definition) is 0. The van der Waals surface area contributed by atoms with Gasteiger partial charge in [0.25, 0.3) is 0 Å². The molecular formula is C22H27PSi. The van der Waals surface area contributed by atoms with Crippen molar-refractivity contribution >= 4 is 26.6 Å². The molecule has 2 aromatic carbocycles. The Kier molecular flexibility index (Phi) is 5.53. The maximum absolute atomic E-state index is 2.54. The zero-order valence-electron chi connectivity index (χ0n) is 14.9. The largest absolute Gasteiger partial charge is 0.0801 e. The van der Waals surface area contributed by atoms with Gasteiger partial charge in [-0.15, -0.1) is 0 Å². The number of allylic oxidation sites excluding steroid dienone is 4. The normalized spacial score (nSPS) is 17.3. The summed E-state index contributed by atoms with van der Waals surface area (Å²) in [4.78, 5) is 0. The summed E-state index contributed by atoms with van der Waals surface area (Å²) in [5, 5.41) is 2.98. The zero-order chi connectivity index (χ0) is 17.0. The topological polar surface area (TPSA) is 0 Å². The molecule has 0 nitrogen and oxygen atoms in total. The van der Waals surface area contributed by atoms with Crippen LogP contribution in [-0.4, -0.2) is 14.2 Å². The van der Waals surface area contributed by atoms with Crippen LogP contribution in [0.5, 0.6) is 0 Å². The van der Waals surface area contributed by atoms with Crippen LogP contribution in [-0.2, 0) is 0 Å². The van der Waals surface area contributed by atoms with E-state index in [1.165, 1.54) is 23.2 Å². The molecule has 0 aromatic heterocycles. The van der Waals surface area contributed by atoms with Crippen LogP contribution in [0.25, 0.3) is 0 Å². The molecule has 0 heterocycles. The van der Waals surface area contributed by atoms with Crippen LogP contribution in [0.3, 0.4) is 0 Å². The van der Waals surface area contributed by atoms with E-state index < -0.39 is 8.07 Å². The van der Waals surface area contributed by atoms with Crippen LogP contribution >= 0.6 is 7.92 Å². The van der Waals surface area contributed by atoms with Gasteiger partial charge in [-0.25, -0.2) is 0 Å². The summed E-state index contributed by atoms with van der Waals surface area (Å²) < 4.78 is 0. The lowest BCUT2D eigenvalue weighted by molar-refractivity contribution is 1.16. The molecule has 1 aliphatic carbocycles. The van der Waals surface area contributed by atoms with Crippen molar-refractivity contribution in [3.8, 4) is 0 Å². The van der Waals surface area contributed by atoms with Crippen molar-refractivity contribution in [3.05, 3.63) is 84.5 Å². The van der Waals surface area contributed by atoms with E-state index in [9.17, 15) is 0 Å². The van der Waals surface area contributed by atoms with Gasteiger partial charge < -0.3 is 0 Å². The molecule has 0 bridgehead atoms. The minimum Gasteiger partial charge on any atom is -0.0801 e. The average molecular weight is 351 g/mol. The first-order valence-electron chi connectivity index (χ1n) is 8.80. The van der Waals surface area contributed by atoms with Crippen molar-refractivity contribution in [2.24, 2.45) is 0 Å². The Labute approximate surface area is 149 Å². The Morgan fingerprint density at radius 1 is 0.833 bits per heavy atom. The minimum atomic E-state index is -1.11. The summed E-state index contributed by atoms with van der Waals surface area (Å²) in [6, 6.07) is 22.1. The van der Waals surface area contributed by atoms with Gasteiger partial charge in [-0.2, -0.15) is 0 Å². The third-order valence-electron chi connectivity index (χ3n) is 4.67. The van der Waals surface area contributed by atoms with E-state index in [1.54, 1.807) is 5.57 Å². The SMILES string of the molecule is C[Si](C)(C)C1C=CC(CCP(c2ccccc2)c2ccccc2)=C1. The minimum absolute atomic E-state index is 0.273. The molecule has 124 valence electrons. The van der Waals surface area contributed by atoms with Gasteiger partial charge in [0, 0.05) is 0 Å². The highest BCUT2D eigenvalue weighted by atomic mass is 31.1. The van der Waals surface area contributed by atoms with Crippen molar-refractivity contribution < 1.29 is 0 Å². The number of hydrogen-bond donors (Lipinski definition) is 0. The van der Waals surface area contributed by atoms with Crippen LogP contribution < -0.4 is 10.6 Å². The van der Waals surface area contributed by atoms with Crippen molar-refractivity contribution in [1.82, 2.24) is 0 Å². The van der Waals surface area contributed by atoms with Crippen molar-refractivity contribution in [3.63, 3.8) is 0 Å². The smallest absolute Gasteiger partial charge is 0.0558 e. The van der Waals surface area contributed by atoms with Gasteiger partial charge in [0.15, 0.2) is 0 Å². The van der Waals surface area contributed by atoms with E-state index in [2.05, 4.69) is 98.5 Å². The second-order valence-electron chi connectivity index (χ2n) is 7.57. The van der Waals surface area contributed by atoms with Gasteiger partial charge in [-0.3, -0.25) is 0 Å². The van der Waals surface area contributed by atoms with E-state index in [1.807, 2.05) is 0 Å². The highest BCUT2D eigenvalue weighted by Gasteiger charge is 2.25. The molecule has 0 aliphatic heterocycles. The Morgan fingerprint density at radius 3 is 1.83 bits per heavy atom. The van der Waals surface area contributed by atoms with Crippen molar-refractivity contribution in [1.29, 1.82) is 0 Å². The maximum atomic E-state index is 2.54. The Morgan fingerprint density at radius 2 is 1.38 bits per heavy atom. The third-order valence-corrected chi connectivity index (χ3v) is 9.54. The lowest BCUT2D eigenvalue weighted by atomic mass is 10.2. The maximum Gasteiger partial charge on any atom is 0.0558 e. The first-order chi connectivity index (χ1) is 11.5. The van der Waals surface area contributed by atoms with E-state index in [0.29, 0.717) is 5.54 Å². The third kappa shape index (κ3) is 4.35. The number of rotatable bonds is 6. The lowest BCUT2D eigenvalue weighted by Gasteiger charge is -2.21. The predicted octanol–water partition coefficient (Wildman–Crippen LogP) is 5.71. The van der Waals surface area contributed by atoms with E-state index in [4.69, 9.17) is 0 Å². The molecule has 1 unspecified atom stereocenters. The average Bonchev–Trinajstić information content (AvgIpc) is 3.06. The molecule has 0 radical (unpaired) electrons. The van der Waals surface area contributed by atoms with Crippen LogP contribution in [0.4, 0.5) is 0 Å². The van der Waals surface area contributed by atoms with Gasteiger partial charge in [-0.1, -0.05) is 104 Å². The summed E-state index contributed by atoms with van der Waals surface area (Å²) in [5.74, 6) is 0. The van der Waals surface area contributed by atoms with Crippen molar-refractivity contribution in [2.75, 3.05) is 6.16 Å². The summed E-state index contributed by atoms with van der Waals surface area (Å²) >= 11 is 0. The molecule has 2 aromatic rings. The molecule has 3 rings (SSSR count). The van der Waals surface area contributed by atoms with Crippen LogP contribution in [0.1, 0.15) is 6.42 Å². The molecule has 0 saturated heterocycles. The molecule has 0 fully saturated rings. The van der Waals surface area contributed by atoms with E-state index in [0.717, 1.165) is 0 Å². The first-order valence-corrected chi connectivity index (χ1v) is 13.9. The summed E-state index contributed by atoms with van der Waals surface area (Å²) in [6.45, 7) is 7.38. The molecule has 24 heavy (non-hydrogen) atoms. The second-order valence-corrected chi connectivity index (χ2v) is 15.3. The Balaban J connectivity index is 1.76. The zero-order valence-corrected chi connectivity index (χ0v) is 16.8. The second kappa shape index (κ2) is 7.63. The monoisotopic (exact) mass is 350 g/mol. The van der Waals surface area contributed by atoms with Gasteiger partial charge in [0.05, 0.1) is 8.07 Å². The fourth-order valence-corrected chi connectivity index (χ4v) is 6.89. The van der Waals surface area contributed by atoms with Crippen LogP contribution in [0.2, 0.25) is 25.2 Å². The molecule has 0 amide bonds. The molecule has 1 atom stereocenters. The Bertz CT molecular complexity index is 671. The van der Waals surface area contributed by atoms with Gasteiger partial charge >= 0.3 is 0 Å². The molecule has 2 heteroatoms. The highest BCUT2D eigenvalue weighted by Crippen LogP contribution is 2.38. The van der Waals surface area contributed by atoms with Crippen molar-refractivity contribution in [2.45, 2.75) is 31.6 Å². The van der Waals surface area contributed by atoms with E-state index in [-0.39, 0.29) is 7.92 Å². The number of benzene rings is 2. The molecule has 0 spiro atoms. The summed E-state index contributed by atoms with van der Waals surface area (Å²) in [7, 11) is -1.38. The van der Waals surface area contributed by atoms with Gasteiger partial charge in [-0.05, 0) is 36.7 Å².